The number of aromatic nitrogens is 3. The quantitative estimate of drug-likeness (QED) is 0.526. The number of nitriles is 1. The third-order valence-electron chi connectivity index (χ3n) is 4.31. The van der Waals surface area contributed by atoms with Crippen molar-refractivity contribution < 1.29 is 9.52 Å². The third-order valence-corrected chi connectivity index (χ3v) is 4.31. The summed E-state index contributed by atoms with van der Waals surface area (Å²) in [6.07, 6.45) is 1.62. The Balaban J connectivity index is 1.89. The fourth-order valence-corrected chi connectivity index (χ4v) is 2.99. The van der Waals surface area contributed by atoms with Crippen LogP contribution in [-0.4, -0.2) is 45.8 Å². The molecule has 0 aliphatic rings. The molecular formula is C22H17N5O2. The number of rotatable bonds is 3. The number of aromatic amines is 1. The van der Waals surface area contributed by atoms with Crippen LogP contribution in [0.1, 0.15) is 11.3 Å². The number of nitrogens with one attached hydrogen (secondary N) is 1. The SMILES string of the molecule is CN(C)CC#Cc1ccc(-c2c(C#N)c(-c3ccc(O)cc3)nc3[nH]ncc23)o1. The van der Waals surface area contributed by atoms with Crippen molar-refractivity contribution in [1.82, 2.24) is 20.1 Å². The van der Waals surface area contributed by atoms with Crippen LogP contribution < -0.4 is 0 Å². The number of hydrogen-bond donors (Lipinski definition) is 2. The van der Waals surface area contributed by atoms with E-state index in [1.54, 1.807) is 42.6 Å². The lowest BCUT2D eigenvalue weighted by Gasteiger charge is -2.09. The molecular weight excluding hydrogens is 366 g/mol. The van der Waals surface area contributed by atoms with Gasteiger partial charge in [-0.3, -0.25) is 10.00 Å². The van der Waals surface area contributed by atoms with E-state index in [0.29, 0.717) is 51.5 Å². The molecule has 0 fully saturated rings. The Morgan fingerprint density at radius 2 is 1.97 bits per heavy atom. The second kappa shape index (κ2) is 7.51. The van der Waals surface area contributed by atoms with Gasteiger partial charge in [0.05, 0.1) is 29.4 Å². The summed E-state index contributed by atoms with van der Waals surface area (Å²) in [5.41, 5.74) is 2.70. The summed E-state index contributed by atoms with van der Waals surface area (Å²) in [5, 5.41) is 27.1. The van der Waals surface area contributed by atoms with Crippen molar-refractivity contribution in [1.29, 1.82) is 5.26 Å². The van der Waals surface area contributed by atoms with Gasteiger partial charge in [0.2, 0.25) is 0 Å². The van der Waals surface area contributed by atoms with Crippen molar-refractivity contribution >= 4 is 11.0 Å². The lowest BCUT2D eigenvalue weighted by atomic mass is 9.98. The molecule has 0 unspecified atom stereocenters. The van der Waals surface area contributed by atoms with Crippen LogP contribution in [0.4, 0.5) is 0 Å². The van der Waals surface area contributed by atoms with Crippen LogP contribution in [0.15, 0.2) is 47.0 Å². The number of H-pyrrole nitrogens is 1. The first-order chi connectivity index (χ1) is 14.1. The topological polar surface area (TPSA) is 102 Å². The lowest BCUT2D eigenvalue weighted by Crippen LogP contribution is -2.10. The normalized spacial score (nSPS) is 10.7. The van der Waals surface area contributed by atoms with Crippen molar-refractivity contribution in [3.05, 3.63) is 53.9 Å². The van der Waals surface area contributed by atoms with Crippen LogP contribution in [0.2, 0.25) is 0 Å². The maximum Gasteiger partial charge on any atom is 0.177 e. The van der Waals surface area contributed by atoms with Crippen molar-refractivity contribution in [2.24, 2.45) is 0 Å². The van der Waals surface area contributed by atoms with Crippen LogP contribution in [0.5, 0.6) is 5.75 Å². The minimum atomic E-state index is 0.141. The van der Waals surface area contributed by atoms with Gasteiger partial charge in [0.1, 0.15) is 17.6 Å². The molecule has 29 heavy (non-hydrogen) atoms. The van der Waals surface area contributed by atoms with E-state index in [1.807, 2.05) is 19.0 Å². The average Bonchev–Trinajstić information content (AvgIpc) is 3.36. The Labute approximate surface area is 167 Å². The smallest absolute Gasteiger partial charge is 0.177 e. The number of pyridine rings is 1. The highest BCUT2D eigenvalue weighted by Gasteiger charge is 2.21. The van der Waals surface area contributed by atoms with E-state index >= 15 is 0 Å². The first kappa shape index (κ1) is 18.3. The van der Waals surface area contributed by atoms with Crippen molar-refractivity contribution in [2.45, 2.75) is 0 Å². The third kappa shape index (κ3) is 3.55. The van der Waals surface area contributed by atoms with Crippen LogP contribution in [-0.2, 0) is 0 Å². The molecule has 1 aromatic carbocycles. The summed E-state index contributed by atoms with van der Waals surface area (Å²) in [5.74, 6) is 7.20. The average molecular weight is 383 g/mol. The largest absolute Gasteiger partial charge is 0.508 e. The molecule has 3 aromatic heterocycles. The van der Waals surface area contributed by atoms with Crippen LogP contribution >= 0.6 is 0 Å². The van der Waals surface area contributed by atoms with Crippen molar-refractivity contribution in [3.8, 4) is 46.2 Å². The van der Waals surface area contributed by atoms with Gasteiger partial charge >= 0.3 is 0 Å². The predicted octanol–water partition coefficient (Wildman–Crippen LogP) is 3.38. The molecule has 0 radical (unpaired) electrons. The lowest BCUT2D eigenvalue weighted by molar-refractivity contribution is 0.463. The highest BCUT2D eigenvalue weighted by atomic mass is 16.3. The summed E-state index contributed by atoms with van der Waals surface area (Å²) < 4.78 is 5.93. The number of nitrogens with zero attached hydrogens (tertiary/aromatic N) is 4. The number of fused-ring (bicyclic) bond motifs is 1. The number of hydrogen-bond acceptors (Lipinski definition) is 6. The van der Waals surface area contributed by atoms with E-state index < -0.39 is 0 Å². The summed E-state index contributed by atoms with van der Waals surface area (Å²) in [6, 6.07) is 12.4. The molecule has 142 valence electrons. The van der Waals surface area contributed by atoms with E-state index in [-0.39, 0.29) is 5.75 Å². The first-order valence-corrected chi connectivity index (χ1v) is 8.87. The fourth-order valence-electron chi connectivity index (χ4n) is 2.99. The zero-order valence-corrected chi connectivity index (χ0v) is 15.9. The summed E-state index contributed by atoms with van der Waals surface area (Å²) in [6.45, 7) is 0.617. The van der Waals surface area contributed by atoms with Gasteiger partial charge in [0.25, 0.3) is 0 Å². The van der Waals surface area contributed by atoms with Gasteiger partial charge in [-0.1, -0.05) is 5.92 Å². The minimum absolute atomic E-state index is 0.141. The van der Waals surface area contributed by atoms with Gasteiger partial charge in [0, 0.05) is 11.1 Å². The Kier molecular flexibility index (Phi) is 4.74. The molecule has 0 atom stereocenters. The summed E-state index contributed by atoms with van der Waals surface area (Å²) in [7, 11) is 3.89. The summed E-state index contributed by atoms with van der Waals surface area (Å²) >= 11 is 0. The molecule has 4 rings (SSSR count). The van der Waals surface area contributed by atoms with Gasteiger partial charge in [-0.2, -0.15) is 10.4 Å². The monoisotopic (exact) mass is 383 g/mol. The Bertz CT molecular complexity index is 1280. The second-order valence-corrected chi connectivity index (χ2v) is 6.70. The van der Waals surface area contributed by atoms with E-state index in [9.17, 15) is 10.4 Å². The van der Waals surface area contributed by atoms with Gasteiger partial charge in [0.15, 0.2) is 11.4 Å². The summed E-state index contributed by atoms with van der Waals surface area (Å²) in [4.78, 5) is 6.54. The van der Waals surface area contributed by atoms with E-state index in [1.165, 1.54) is 0 Å². The Morgan fingerprint density at radius 1 is 1.17 bits per heavy atom. The molecule has 0 saturated heterocycles. The Hall–Kier alpha value is -4.07. The molecule has 7 nitrogen and oxygen atoms in total. The van der Waals surface area contributed by atoms with Crippen LogP contribution in [0, 0.1) is 23.2 Å². The molecule has 3 heterocycles. The first-order valence-electron chi connectivity index (χ1n) is 8.87. The van der Waals surface area contributed by atoms with Gasteiger partial charge in [-0.25, -0.2) is 4.98 Å². The number of furan rings is 1. The van der Waals surface area contributed by atoms with Crippen molar-refractivity contribution in [3.63, 3.8) is 0 Å². The second-order valence-electron chi connectivity index (χ2n) is 6.70. The van der Waals surface area contributed by atoms with Gasteiger partial charge in [-0.15, -0.1) is 0 Å². The number of benzene rings is 1. The van der Waals surface area contributed by atoms with Gasteiger partial charge < -0.3 is 9.52 Å². The molecule has 0 spiro atoms. The molecule has 0 aliphatic carbocycles. The van der Waals surface area contributed by atoms with Gasteiger partial charge in [-0.05, 0) is 56.4 Å². The molecule has 0 saturated carbocycles. The molecule has 0 aliphatic heterocycles. The standard InChI is InChI=1S/C22H17N5O2/c1-27(2)11-3-4-16-9-10-19(29-16)20-17(12-23)21(14-5-7-15(28)8-6-14)25-22-18(20)13-24-26-22/h5-10,13,28H,11H2,1-2H3,(H,24,25,26). The molecule has 4 aromatic rings. The van der Waals surface area contributed by atoms with E-state index in [2.05, 4.69) is 33.1 Å². The molecule has 2 N–H and O–H groups in total. The number of phenolic OH excluding ortho intramolecular Hbond substituents is 1. The number of aromatic hydroxyl groups is 1. The molecule has 0 bridgehead atoms. The molecule has 0 amide bonds. The van der Waals surface area contributed by atoms with Crippen molar-refractivity contribution in [2.75, 3.05) is 20.6 Å². The van der Waals surface area contributed by atoms with Crippen LogP contribution in [0.25, 0.3) is 33.6 Å². The van der Waals surface area contributed by atoms with Crippen LogP contribution in [0.3, 0.4) is 0 Å². The highest BCUT2D eigenvalue weighted by Crippen LogP contribution is 2.37. The zero-order chi connectivity index (χ0) is 20.4. The molecule has 7 heteroatoms. The highest BCUT2D eigenvalue weighted by molar-refractivity contribution is 5.97. The van der Waals surface area contributed by atoms with E-state index in [4.69, 9.17) is 4.42 Å². The van der Waals surface area contributed by atoms with E-state index in [0.717, 1.165) is 0 Å². The minimum Gasteiger partial charge on any atom is -0.508 e. The predicted molar refractivity (Wildman–Crippen MR) is 109 cm³/mol. The number of phenols is 1. The Morgan fingerprint density at radius 3 is 2.69 bits per heavy atom. The maximum absolute atomic E-state index is 9.94. The zero-order valence-electron chi connectivity index (χ0n) is 15.9. The maximum atomic E-state index is 9.94. The fraction of sp³-hybridized carbons (Fsp3) is 0.136.